The number of hydrogen-bond acceptors (Lipinski definition) is 2. The smallest absolute Gasteiger partial charge is 0.198 e. The predicted molar refractivity (Wildman–Crippen MR) is 63.8 cm³/mol. The zero-order valence-electron chi connectivity index (χ0n) is 8.66. The molecule has 1 aromatic carbocycles. The first kappa shape index (κ1) is 12.4. The average molecular weight is 275 g/mol. The Kier molecular flexibility index (Phi) is 3.72. The van der Waals surface area contributed by atoms with Crippen molar-refractivity contribution >= 4 is 23.2 Å². The molecule has 0 aliphatic heterocycles. The van der Waals surface area contributed by atoms with E-state index in [1.165, 1.54) is 24.5 Å². The van der Waals surface area contributed by atoms with Crippen LogP contribution >= 0.6 is 23.2 Å². The highest BCUT2D eigenvalue weighted by Gasteiger charge is 2.16. The van der Waals surface area contributed by atoms with Gasteiger partial charge in [0.15, 0.2) is 5.22 Å². The molecule has 1 N–H and O–H groups in total. The van der Waals surface area contributed by atoms with Gasteiger partial charge in [-0.15, -0.1) is 0 Å². The van der Waals surface area contributed by atoms with E-state index in [-0.39, 0.29) is 16.7 Å². The maximum absolute atomic E-state index is 12.8. The molecule has 90 valence electrons. The third kappa shape index (κ3) is 2.80. The molecule has 0 radical (unpaired) electrons. The largest absolute Gasteiger partial charge is 0.453 e. The fourth-order valence-electron chi connectivity index (χ4n) is 1.55. The first-order valence-corrected chi connectivity index (χ1v) is 5.68. The van der Waals surface area contributed by atoms with Crippen molar-refractivity contribution in [1.29, 1.82) is 0 Å². The summed E-state index contributed by atoms with van der Waals surface area (Å²) in [7, 11) is 0. The molecule has 0 aliphatic carbocycles. The number of rotatable bonds is 3. The van der Waals surface area contributed by atoms with E-state index in [1.54, 1.807) is 6.07 Å². The van der Waals surface area contributed by atoms with Crippen LogP contribution in [0.5, 0.6) is 0 Å². The molecule has 2 rings (SSSR count). The lowest BCUT2D eigenvalue weighted by Crippen LogP contribution is -2.01. The van der Waals surface area contributed by atoms with Gasteiger partial charge in [-0.05, 0) is 35.4 Å². The van der Waals surface area contributed by atoms with Crippen LogP contribution in [0.3, 0.4) is 0 Å². The van der Waals surface area contributed by atoms with E-state index < -0.39 is 11.9 Å². The van der Waals surface area contributed by atoms with Crippen molar-refractivity contribution in [1.82, 2.24) is 0 Å². The molecule has 1 heterocycles. The van der Waals surface area contributed by atoms with Crippen LogP contribution in [0, 0.1) is 5.82 Å². The Morgan fingerprint density at radius 2 is 2.06 bits per heavy atom. The van der Waals surface area contributed by atoms with Gasteiger partial charge in [0.25, 0.3) is 0 Å². The minimum absolute atomic E-state index is 0.149. The van der Waals surface area contributed by atoms with E-state index in [2.05, 4.69) is 0 Å². The fourth-order valence-corrected chi connectivity index (χ4v) is 2.03. The first-order valence-electron chi connectivity index (χ1n) is 4.93. The average Bonchev–Trinajstić information content (AvgIpc) is 2.68. The van der Waals surface area contributed by atoms with Crippen LogP contribution < -0.4 is 0 Å². The van der Waals surface area contributed by atoms with Gasteiger partial charge in [0, 0.05) is 17.0 Å². The maximum atomic E-state index is 12.8. The van der Waals surface area contributed by atoms with Crippen molar-refractivity contribution in [3.8, 4) is 0 Å². The maximum Gasteiger partial charge on any atom is 0.198 e. The quantitative estimate of drug-likeness (QED) is 0.918. The molecule has 0 fully saturated rings. The summed E-state index contributed by atoms with van der Waals surface area (Å²) < 4.78 is 17.7. The molecule has 0 bridgehead atoms. The van der Waals surface area contributed by atoms with Crippen LogP contribution in [0.25, 0.3) is 0 Å². The van der Waals surface area contributed by atoms with Gasteiger partial charge in [0.2, 0.25) is 0 Å². The second-order valence-electron chi connectivity index (χ2n) is 3.61. The van der Waals surface area contributed by atoms with Crippen molar-refractivity contribution in [3.63, 3.8) is 0 Å². The van der Waals surface area contributed by atoms with E-state index in [9.17, 15) is 9.50 Å². The Labute approximate surface area is 108 Å². The molecular formula is C12H9Cl2FO2. The summed E-state index contributed by atoms with van der Waals surface area (Å²) in [6.07, 6.45) is 0.815. The summed E-state index contributed by atoms with van der Waals surface area (Å²) in [5.41, 5.74) is 1.14. The molecular weight excluding hydrogens is 266 g/mol. The molecule has 1 unspecified atom stereocenters. The molecule has 0 spiro atoms. The van der Waals surface area contributed by atoms with Crippen LogP contribution in [0.15, 0.2) is 34.9 Å². The van der Waals surface area contributed by atoms with Crippen molar-refractivity contribution in [2.75, 3.05) is 0 Å². The number of benzene rings is 1. The van der Waals surface area contributed by atoms with Gasteiger partial charge in [0.1, 0.15) is 5.82 Å². The van der Waals surface area contributed by atoms with E-state index >= 15 is 0 Å². The number of furan rings is 1. The molecule has 0 saturated heterocycles. The standard InChI is InChI=1S/C12H9Cl2FO2/c13-10-6-8(15)2-1-7(10)5-11(16)9-3-4-17-12(9)14/h1-4,6,11,16H,5H2. The van der Waals surface area contributed by atoms with E-state index in [1.807, 2.05) is 0 Å². The summed E-state index contributed by atoms with van der Waals surface area (Å²) in [5, 5.41) is 10.4. The van der Waals surface area contributed by atoms with Gasteiger partial charge in [0.05, 0.1) is 12.4 Å². The summed E-state index contributed by atoms with van der Waals surface area (Å²) >= 11 is 11.6. The monoisotopic (exact) mass is 274 g/mol. The summed E-state index contributed by atoms with van der Waals surface area (Å²) in [5.74, 6) is -0.408. The van der Waals surface area contributed by atoms with Crippen molar-refractivity contribution < 1.29 is 13.9 Å². The lowest BCUT2D eigenvalue weighted by molar-refractivity contribution is 0.177. The number of halogens is 3. The highest BCUT2D eigenvalue weighted by Crippen LogP contribution is 2.28. The van der Waals surface area contributed by atoms with E-state index in [0.717, 1.165) is 0 Å². The van der Waals surface area contributed by atoms with Crippen LogP contribution in [0.1, 0.15) is 17.2 Å². The number of aliphatic hydroxyl groups is 1. The van der Waals surface area contributed by atoms with E-state index in [0.29, 0.717) is 11.1 Å². The summed E-state index contributed by atoms with van der Waals surface area (Å²) in [4.78, 5) is 0. The molecule has 5 heteroatoms. The Balaban J connectivity index is 2.19. The summed E-state index contributed by atoms with van der Waals surface area (Å²) in [6.45, 7) is 0. The number of aliphatic hydroxyl groups excluding tert-OH is 1. The molecule has 17 heavy (non-hydrogen) atoms. The molecule has 2 aromatic rings. The summed E-state index contributed by atoms with van der Waals surface area (Å²) in [6, 6.07) is 5.63. The highest BCUT2D eigenvalue weighted by atomic mass is 35.5. The van der Waals surface area contributed by atoms with Gasteiger partial charge in [-0.1, -0.05) is 17.7 Å². The Bertz CT molecular complexity index is 525. The zero-order valence-corrected chi connectivity index (χ0v) is 10.2. The normalized spacial score (nSPS) is 12.7. The SMILES string of the molecule is OC(Cc1ccc(F)cc1Cl)c1ccoc1Cl. The second kappa shape index (κ2) is 5.08. The Morgan fingerprint density at radius 3 is 2.65 bits per heavy atom. The van der Waals surface area contributed by atoms with Crippen molar-refractivity contribution in [2.45, 2.75) is 12.5 Å². The Morgan fingerprint density at radius 1 is 1.29 bits per heavy atom. The van der Waals surface area contributed by atoms with Crippen LogP contribution in [0.4, 0.5) is 4.39 Å². The molecule has 2 nitrogen and oxygen atoms in total. The molecule has 0 saturated carbocycles. The van der Waals surface area contributed by atoms with Crippen molar-refractivity contribution in [3.05, 3.63) is 57.7 Å². The minimum atomic E-state index is -0.829. The second-order valence-corrected chi connectivity index (χ2v) is 4.36. The van der Waals surface area contributed by atoms with Gasteiger partial charge in [-0.25, -0.2) is 4.39 Å². The molecule has 0 amide bonds. The number of hydrogen-bond donors (Lipinski definition) is 1. The first-order chi connectivity index (χ1) is 8.08. The third-order valence-corrected chi connectivity index (χ3v) is 3.09. The van der Waals surface area contributed by atoms with Gasteiger partial charge >= 0.3 is 0 Å². The molecule has 0 aliphatic rings. The van der Waals surface area contributed by atoms with Crippen molar-refractivity contribution in [2.24, 2.45) is 0 Å². The molecule has 1 aromatic heterocycles. The predicted octanol–water partition coefficient (Wildman–Crippen LogP) is 4.00. The van der Waals surface area contributed by atoms with Crippen LogP contribution in [-0.4, -0.2) is 5.11 Å². The highest BCUT2D eigenvalue weighted by molar-refractivity contribution is 6.31. The Hall–Kier alpha value is -1.03. The topological polar surface area (TPSA) is 33.4 Å². The van der Waals surface area contributed by atoms with Crippen LogP contribution in [0.2, 0.25) is 10.2 Å². The lowest BCUT2D eigenvalue weighted by atomic mass is 10.0. The third-order valence-electron chi connectivity index (χ3n) is 2.43. The van der Waals surface area contributed by atoms with Gasteiger partial charge in [-0.3, -0.25) is 0 Å². The van der Waals surface area contributed by atoms with Crippen LogP contribution in [-0.2, 0) is 6.42 Å². The fraction of sp³-hybridized carbons (Fsp3) is 0.167. The van der Waals surface area contributed by atoms with Gasteiger partial charge in [-0.2, -0.15) is 0 Å². The lowest BCUT2D eigenvalue weighted by Gasteiger charge is -2.10. The van der Waals surface area contributed by atoms with E-state index in [4.69, 9.17) is 27.6 Å². The molecule has 1 atom stereocenters. The zero-order chi connectivity index (χ0) is 12.4. The minimum Gasteiger partial charge on any atom is -0.453 e. The van der Waals surface area contributed by atoms with Gasteiger partial charge < -0.3 is 9.52 Å².